The van der Waals surface area contributed by atoms with Crippen LogP contribution >= 0.6 is 0 Å². The van der Waals surface area contributed by atoms with Gasteiger partial charge < -0.3 is 20.8 Å². The van der Waals surface area contributed by atoms with Crippen LogP contribution in [0.1, 0.15) is 29.3 Å². The summed E-state index contributed by atoms with van der Waals surface area (Å²) in [7, 11) is 0. The summed E-state index contributed by atoms with van der Waals surface area (Å²) in [4.78, 5) is 13.8. The lowest BCUT2D eigenvalue weighted by molar-refractivity contribution is -0.125. The summed E-state index contributed by atoms with van der Waals surface area (Å²) in [5, 5.41) is 9.09. The molecule has 2 aromatic carbocycles. The van der Waals surface area contributed by atoms with Gasteiger partial charge in [-0.15, -0.1) is 0 Å². The lowest BCUT2D eigenvalue weighted by atomic mass is 9.98. The van der Waals surface area contributed by atoms with E-state index in [1.165, 1.54) is 18.2 Å². The zero-order valence-corrected chi connectivity index (χ0v) is 17.9. The Morgan fingerprint density at radius 2 is 1.88 bits per heavy atom. The summed E-state index contributed by atoms with van der Waals surface area (Å²) in [6, 6.07) is 13.3. The zero-order valence-electron chi connectivity index (χ0n) is 17.9. The van der Waals surface area contributed by atoms with Crippen LogP contribution < -0.4 is 15.9 Å². The minimum atomic E-state index is -0.315. The average Bonchev–Trinajstić information content (AvgIpc) is 3.47. The van der Waals surface area contributed by atoms with Gasteiger partial charge in [-0.05, 0) is 61.0 Å². The molecule has 9 heteroatoms. The third kappa shape index (κ3) is 3.93. The number of nitrogens with two attached hydrogens (primary N) is 1. The Hall–Kier alpha value is -4.14. The number of ether oxygens (including phenoxy) is 1. The number of fused-ring (bicyclic) bond motifs is 1. The first-order valence-electron chi connectivity index (χ1n) is 10.7. The molecule has 0 saturated carbocycles. The highest BCUT2D eigenvalue weighted by Gasteiger charge is 2.33. The van der Waals surface area contributed by atoms with Crippen molar-refractivity contribution in [2.45, 2.75) is 18.9 Å². The van der Waals surface area contributed by atoms with Crippen molar-refractivity contribution in [2.24, 2.45) is 10.8 Å². The Balaban J connectivity index is 1.45. The SMILES string of the molecule is C=CC(=O)N1CC[C@H](c2nn(-c3ccc(Oc4ccc(F)cc4)cc3)c3c2CNN=C3N)C1. The Bertz CT molecular complexity index is 1230. The van der Waals surface area contributed by atoms with Crippen LogP contribution in [0.4, 0.5) is 4.39 Å². The predicted octanol–water partition coefficient (Wildman–Crippen LogP) is 3.03. The van der Waals surface area contributed by atoms with Crippen molar-refractivity contribution in [3.8, 4) is 17.2 Å². The largest absolute Gasteiger partial charge is 0.457 e. The molecule has 3 aromatic rings. The van der Waals surface area contributed by atoms with Gasteiger partial charge in [0.05, 0.1) is 17.9 Å². The van der Waals surface area contributed by atoms with Gasteiger partial charge in [0.15, 0.2) is 5.84 Å². The van der Waals surface area contributed by atoms with Gasteiger partial charge in [-0.25, -0.2) is 9.07 Å². The monoisotopic (exact) mass is 446 g/mol. The van der Waals surface area contributed by atoms with E-state index in [0.29, 0.717) is 37.0 Å². The first-order valence-corrected chi connectivity index (χ1v) is 10.7. The number of halogens is 1. The van der Waals surface area contributed by atoms with Crippen molar-refractivity contribution >= 4 is 11.7 Å². The van der Waals surface area contributed by atoms with Crippen molar-refractivity contribution < 1.29 is 13.9 Å². The molecule has 0 aliphatic carbocycles. The van der Waals surface area contributed by atoms with E-state index >= 15 is 0 Å². The minimum Gasteiger partial charge on any atom is -0.457 e. The summed E-state index contributed by atoms with van der Waals surface area (Å²) in [5.41, 5.74) is 12.7. The molecule has 1 amide bonds. The number of carbonyl (C=O) groups excluding carboxylic acids is 1. The van der Waals surface area contributed by atoms with Gasteiger partial charge in [-0.1, -0.05) is 6.58 Å². The highest BCUT2D eigenvalue weighted by Crippen LogP contribution is 2.33. The zero-order chi connectivity index (χ0) is 22.9. The van der Waals surface area contributed by atoms with E-state index in [0.717, 1.165) is 29.1 Å². The van der Waals surface area contributed by atoms with E-state index in [-0.39, 0.29) is 17.6 Å². The number of benzene rings is 2. The number of hydrazone groups is 1. The second-order valence-corrected chi connectivity index (χ2v) is 7.98. The highest BCUT2D eigenvalue weighted by atomic mass is 19.1. The number of likely N-dealkylation sites (tertiary alicyclic amines) is 1. The van der Waals surface area contributed by atoms with Gasteiger partial charge in [0.2, 0.25) is 5.91 Å². The molecule has 2 aliphatic rings. The number of hydrogen-bond acceptors (Lipinski definition) is 6. The molecule has 5 rings (SSSR count). The standard InChI is InChI=1S/C24H23FN6O2/c1-2-21(32)30-12-11-15(14-30)22-20-13-27-28-24(26)23(20)31(29-22)17-5-9-19(10-6-17)33-18-7-3-16(25)4-8-18/h2-10,15,27H,1,11-14H2,(H2,26,28)/t15-/m0/s1. The molecule has 3 heterocycles. The van der Waals surface area contributed by atoms with Crippen LogP contribution in [-0.4, -0.2) is 39.5 Å². The smallest absolute Gasteiger partial charge is 0.245 e. The average molecular weight is 446 g/mol. The number of aromatic nitrogens is 2. The summed E-state index contributed by atoms with van der Waals surface area (Å²) in [6.07, 6.45) is 2.17. The minimum absolute atomic E-state index is 0.0678. The van der Waals surface area contributed by atoms with Crippen LogP contribution in [0.5, 0.6) is 11.5 Å². The van der Waals surface area contributed by atoms with Crippen LogP contribution in [0.25, 0.3) is 5.69 Å². The molecule has 1 aromatic heterocycles. The van der Waals surface area contributed by atoms with Gasteiger partial charge in [-0.3, -0.25) is 4.79 Å². The number of carbonyl (C=O) groups is 1. The first-order chi connectivity index (χ1) is 16.0. The van der Waals surface area contributed by atoms with Gasteiger partial charge in [0.25, 0.3) is 0 Å². The molecular weight excluding hydrogens is 423 g/mol. The number of nitrogens with zero attached hydrogens (tertiary/aromatic N) is 4. The van der Waals surface area contributed by atoms with E-state index in [9.17, 15) is 9.18 Å². The lowest BCUT2D eigenvalue weighted by Crippen LogP contribution is -2.29. The maximum Gasteiger partial charge on any atom is 0.245 e. The van der Waals surface area contributed by atoms with E-state index < -0.39 is 0 Å². The fourth-order valence-corrected chi connectivity index (χ4v) is 4.28. The fraction of sp³-hybridized carbons (Fsp3) is 0.208. The second kappa shape index (κ2) is 8.42. The summed E-state index contributed by atoms with van der Waals surface area (Å²) in [6.45, 7) is 5.36. The van der Waals surface area contributed by atoms with Crippen LogP contribution in [-0.2, 0) is 11.3 Å². The third-order valence-electron chi connectivity index (χ3n) is 5.90. The quantitative estimate of drug-likeness (QED) is 0.587. The molecule has 168 valence electrons. The van der Waals surface area contributed by atoms with Crippen molar-refractivity contribution in [1.82, 2.24) is 20.1 Å². The van der Waals surface area contributed by atoms with Crippen molar-refractivity contribution in [3.63, 3.8) is 0 Å². The topological polar surface area (TPSA) is 97.8 Å². The van der Waals surface area contributed by atoms with E-state index in [4.69, 9.17) is 15.6 Å². The Kier molecular flexibility index (Phi) is 5.29. The normalized spacial score (nSPS) is 17.2. The van der Waals surface area contributed by atoms with Gasteiger partial charge in [-0.2, -0.15) is 10.2 Å². The van der Waals surface area contributed by atoms with Crippen LogP contribution in [0.2, 0.25) is 0 Å². The van der Waals surface area contributed by atoms with E-state index in [2.05, 4.69) is 17.1 Å². The summed E-state index contributed by atoms with van der Waals surface area (Å²) >= 11 is 0. The van der Waals surface area contributed by atoms with Crippen LogP contribution in [0.3, 0.4) is 0 Å². The third-order valence-corrected chi connectivity index (χ3v) is 5.90. The van der Waals surface area contributed by atoms with E-state index in [1.54, 1.807) is 21.7 Å². The van der Waals surface area contributed by atoms with Crippen molar-refractivity contribution in [3.05, 3.63) is 84.0 Å². The van der Waals surface area contributed by atoms with Gasteiger partial charge >= 0.3 is 0 Å². The molecule has 1 atom stereocenters. The molecule has 0 spiro atoms. The highest BCUT2D eigenvalue weighted by molar-refractivity contribution is 5.98. The Morgan fingerprint density at radius 3 is 2.58 bits per heavy atom. The molecule has 0 unspecified atom stereocenters. The van der Waals surface area contributed by atoms with Gasteiger partial charge in [0.1, 0.15) is 23.0 Å². The molecular formula is C24H23FN6O2. The number of rotatable bonds is 5. The first kappa shape index (κ1) is 20.7. The molecule has 2 aliphatic heterocycles. The van der Waals surface area contributed by atoms with E-state index in [1.807, 2.05) is 24.3 Å². The van der Waals surface area contributed by atoms with Crippen LogP contribution in [0.15, 0.2) is 66.3 Å². The molecule has 1 fully saturated rings. The molecule has 33 heavy (non-hydrogen) atoms. The predicted molar refractivity (Wildman–Crippen MR) is 122 cm³/mol. The Morgan fingerprint density at radius 1 is 1.18 bits per heavy atom. The molecule has 0 radical (unpaired) electrons. The lowest BCUT2D eigenvalue weighted by Gasteiger charge is -2.16. The second-order valence-electron chi connectivity index (χ2n) is 7.98. The fourth-order valence-electron chi connectivity index (χ4n) is 4.28. The van der Waals surface area contributed by atoms with Crippen molar-refractivity contribution in [2.75, 3.05) is 13.1 Å². The molecule has 8 nitrogen and oxygen atoms in total. The number of nitrogens with one attached hydrogen (secondary N) is 1. The maximum absolute atomic E-state index is 13.1. The maximum atomic E-state index is 13.1. The number of amides is 1. The molecule has 3 N–H and O–H groups in total. The number of hydrogen-bond donors (Lipinski definition) is 2. The summed E-state index contributed by atoms with van der Waals surface area (Å²) in [5.74, 6) is 1.25. The Labute approximate surface area is 190 Å². The van der Waals surface area contributed by atoms with Gasteiger partial charge in [0, 0.05) is 24.6 Å². The summed E-state index contributed by atoms with van der Waals surface area (Å²) < 4.78 is 20.7. The molecule has 0 bridgehead atoms. The molecule has 1 saturated heterocycles. The number of amidine groups is 1. The van der Waals surface area contributed by atoms with Crippen LogP contribution in [0, 0.1) is 5.82 Å². The van der Waals surface area contributed by atoms with Crippen molar-refractivity contribution in [1.29, 1.82) is 0 Å².